The molecule has 8 nitrogen and oxygen atoms in total. The Morgan fingerprint density at radius 3 is 2.87 bits per heavy atom. The number of benzene rings is 1. The molecule has 5 rings (SSSR count). The topological polar surface area (TPSA) is 125 Å². The van der Waals surface area contributed by atoms with Gasteiger partial charge in [-0.1, -0.05) is 6.07 Å². The standard InChI is InChI=1S/C22H22N8/c23-10-15-12-26-22(30-21(15)29-20-3-1-2-19(24)28-20)27-16-8-14-11-25-7-6-17(14)18(9-16)13-4-5-13/h1-3,8-9,12-13,25H,4-7,11H2,(H4,24,26,27,28,29,30). The third-order valence-electron chi connectivity index (χ3n) is 5.44. The van der Waals surface area contributed by atoms with Gasteiger partial charge in [0.15, 0.2) is 5.82 Å². The molecule has 0 saturated heterocycles. The number of hydrogen-bond acceptors (Lipinski definition) is 8. The zero-order valence-electron chi connectivity index (χ0n) is 16.4. The van der Waals surface area contributed by atoms with E-state index in [1.54, 1.807) is 18.2 Å². The molecule has 0 atom stereocenters. The number of nitrogens with two attached hydrogens (primary N) is 1. The van der Waals surface area contributed by atoms with E-state index in [1.807, 2.05) is 0 Å². The van der Waals surface area contributed by atoms with Crippen molar-refractivity contribution in [2.75, 3.05) is 22.9 Å². The summed E-state index contributed by atoms with van der Waals surface area (Å²) in [6.07, 6.45) is 5.11. The van der Waals surface area contributed by atoms with Gasteiger partial charge in [0.25, 0.3) is 0 Å². The summed E-state index contributed by atoms with van der Waals surface area (Å²) in [5, 5.41) is 19.3. The molecule has 0 spiro atoms. The van der Waals surface area contributed by atoms with Crippen LogP contribution in [-0.2, 0) is 13.0 Å². The number of anilines is 5. The number of nitrogens with one attached hydrogen (secondary N) is 3. The molecular formula is C22H22N8. The molecule has 1 fully saturated rings. The number of aromatic nitrogens is 3. The second-order valence-electron chi connectivity index (χ2n) is 7.67. The maximum Gasteiger partial charge on any atom is 0.229 e. The van der Waals surface area contributed by atoms with Crippen LogP contribution in [0.4, 0.5) is 29.1 Å². The molecule has 1 saturated carbocycles. The van der Waals surface area contributed by atoms with E-state index in [0.29, 0.717) is 34.9 Å². The van der Waals surface area contributed by atoms with Gasteiger partial charge in [-0.25, -0.2) is 9.97 Å². The van der Waals surface area contributed by atoms with Crippen molar-refractivity contribution in [1.29, 1.82) is 5.26 Å². The maximum absolute atomic E-state index is 9.43. The summed E-state index contributed by atoms with van der Waals surface area (Å²) < 4.78 is 0. The molecule has 30 heavy (non-hydrogen) atoms. The summed E-state index contributed by atoms with van der Waals surface area (Å²) in [5.74, 6) is 2.39. The lowest BCUT2D eigenvalue weighted by atomic mass is 9.92. The van der Waals surface area contributed by atoms with Crippen LogP contribution in [0.2, 0.25) is 0 Å². The number of fused-ring (bicyclic) bond motifs is 1. The lowest BCUT2D eigenvalue weighted by molar-refractivity contribution is 0.639. The van der Waals surface area contributed by atoms with Crippen LogP contribution in [0.1, 0.15) is 41.0 Å². The van der Waals surface area contributed by atoms with E-state index in [-0.39, 0.29) is 0 Å². The molecule has 0 unspecified atom stereocenters. The third-order valence-corrected chi connectivity index (χ3v) is 5.44. The van der Waals surface area contributed by atoms with E-state index in [9.17, 15) is 5.26 Å². The fourth-order valence-corrected chi connectivity index (χ4v) is 3.88. The van der Waals surface area contributed by atoms with Crippen molar-refractivity contribution in [3.63, 3.8) is 0 Å². The first-order chi connectivity index (χ1) is 14.7. The SMILES string of the molecule is N#Cc1cnc(Nc2cc3c(c(C4CC4)c2)CCNC3)nc1Nc1cccc(N)n1. The molecule has 3 heterocycles. The van der Waals surface area contributed by atoms with Gasteiger partial charge in [-0.15, -0.1) is 0 Å². The highest BCUT2D eigenvalue weighted by atomic mass is 15.2. The van der Waals surface area contributed by atoms with Gasteiger partial charge in [0.2, 0.25) is 5.95 Å². The average molecular weight is 398 g/mol. The highest BCUT2D eigenvalue weighted by Gasteiger charge is 2.28. The Morgan fingerprint density at radius 1 is 1.17 bits per heavy atom. The van der Waals surface area contributed by atoms with Gasteiger partial charge in [0.1, 0.15) is 23.3 Å². The Kier molecular flexibility index (Phi) is 4.65. The highest BCUT2D eigenvalue weighted by Crippen LogP contribution is 2.44. The molecule has 5 N–H and O–H groups in total. The smallest absolute Gasteiger partial charge is 0.229 e. The van der Waals surface area contributed by atoms with E-state index >= 15 is 0 Å². The molecule has 150 valence electrons. The number of nitriles is 1. The molecule has 0 bridgehead atoms. The number of pyridine rings is 1. The van der Waals surface area contributed by atoms with E-state index < -0.39 is 0 Å². The molecule has 2 aliphatic rings. The molecular weight excluding hydrogens is 376 g/mol. The monoisotopic (exact) mass is 398 g/mol. The molecule has 3 aromatic rings. The summed E-state index contributed by atoms with van der Waals surface area (Å²) in [4.78, 5) is 13.0. The van der Waals surface area contributed by atoms with Crippen LogP contribution < -0.4 is 21.7 Å². The van der Waals surface area contributed by atoms with E-state index in [2.05, 4.69) is 49.1 Å². The quantitative estimate of drug-likeness (QED) is 0.516. The Morgan fingerprint density at radius 2 is 2.07 bits per heavy atom. The predicted octanol–water partition coefficient (Wildman–Crippen LogP) is 3.34. The minimum absolute atomic E-state index is 0.332. The predicted molar refractivity (Wildman–Crippen MR) is 116 cm³/mol. The first-order valence-electron chi connectivity index (χ1n) is 10.1. The van der Waals surface area contributed by atoms with Crippen molar-refractivity contribution in [1.82, 2.24) is 20.3 Å². The summed E-state index contributed by atoms with van der Waals surface area (Å²) in [5.41, 5.74) is 11.3. The van der Waals surface area contributed by atoms with Crippen molar-refractivity contribution in [2.45, 2.75) is 31.7 Å². The van der Waals surface area contributed by atoms with Crippen LogP contribution in [0.15, 0.2) is 36.5 Å². The van der Waals surface area contributed by atoms with Gasteiger partial charge in [-0.05, 0) is 72.7 Å². The van der Waals surface area contributed by atoms with Gasteiger partial charge in [-0.3, -0.25) is 0 Å². The summed E-state index contributed by atoms with van der Waals surface area (Å²) in [7, 11) is 0. The van der Waals surface area contributed by atoms with Crippen LogP contribution >= 0.6 is 0 Å². The van der Waals surface area contributed by atoms with Crippen LogP contribution in [0.25, 0.3) is 0 Å². The van der Waals surface area contributed by atoms with Crippen molar-refractivity contribution < 1.29 is 0 Å². The van der Waals surface area contributed by atoms with Gasteiger partial charge in [0, 0.05) is 12.2 Å². The second kappa shape index (κ2) is 7.61. The van der Waals surface area contributed by atoms with Crippen LogP contribution in [0, 0.1) is 11.3 Å². The van der Waals surface area contributed by atoms with E-state index in [4.69, 9.17) is 5.73 Å². The molecule has 1 aliphatic heterocycles. The number of nitrogens with zero attached hydrogens (tertiary/aromatic N) is 4. The van der Waals surface area contributed by atoms with Crippen molar-refractivity contribution in [2.24, 2.45) is 0 Å². The Bertz CT molecular complexity index is 1150. The lowest BCUT2D eigenvalue weighted by Crippen LogP contribution is -2.24. The Balaban J connectivity index is 1.45. The minimum atomic E-state index is 0.332. The summed E-state index contributed by atoms with van der Waals surface area (Å²) >= 11 is 0. The van der Waals surface area contributed by atoms with Gasteiger partial charge in [-0.2, -0.15) is 10.2 Å². The first kappa shape index (κ1) is 18.3. The fraction of sp³-hybridized carbons (Fsp3) is 0.273. The highest BCUT2D eigenvalue weighted by molar-refractivity contribution is 5.65. The maximum atomic E-state index is 9.43. The Hall–Kier alpha value is -3.70. The van der Waals surface area contributed by atoms with Crippen molar-refractivity contribution in [3.8, 4) is 6.07 Å². The zero-order valence-corrected chi connectivity index (χ0v) is 16.4. The molecule has 1 aromatic carbocycles. The normalized spacial score (nSPS) is 15.2. The minimum Gasteiger partial charge on any atom is -0.384 e. The van der Waals surface area contributed by atoms with Crippen LogP contribution in [0.3, 0.4) is 0 Å². The van der Waals surface area contributed by atoms with Gasteiger partial charge >= 0.3 is 0 Å². The summed E-state index contributed by atoms with van der Waals surface area (Å²) in [6.45, 7) is 1.91. The summed E-state index contributed by atoms with van der Waals surface area (Å²) in [6, 6.07) is 11.8. The number of rotatable bonds is 5. The van der Waals surface area contributed by atoms with Crippen LogP contribution in [-0.4, -0.2) is 21.5 Å². The largest absolute Gasteiger partial charge is 0.384 e. The first-order valence-corrected chi connectivity index (χ1v) is 10.1. The molecule has 8 heteroatoms. The van der Waals surface area contributed by atoms with Gasteiger partial charge < -0.3 is 21.7 Å². The zero-order chi connectivity index (χ0) is 20.5. The van der Waals surface area contributed by atoms with Crippen LogP contribution in [0.5, 0.6) is 0 Å². The lowest BCUT2D eigenvalue weighted by Gasteiger charge is -2.22. The molecule has 0 amide bonds. The third kappa shape index (κ3) is 3.75. The van der Waals surface area contributed by atoms with Crippen molar-refractivity contribution in [3.05, 3.63) is 58.8 Å². The van der Waals surface area contributed by atoms with E-state index in [1.165, 1.54) is 35.7 Å². The van der Waals surface area contributed by atoms with E-state index in [0.717, 1.165) is 25.2 Å². The van der Waals surface area contributed by atoms with Crippen molar-refractivity contribution >= 4 is 29.1 Å². The number of hydrogen-bond donors (Lipinski definition) is 4. The Labute approximate surface area is 174 Å². The molecule has 0 radical (unpaired) electrons. The molecule has 1 aliphatic carbocycles. The average Bonchev–Trinajstić information content (AvgIpc) is 3.59. The molecule has 2 aromatic heterocycles. The number of nitrogen functional groups attached to an aromatic ring is 1. The van der Waals surface area contributed by atoms with Gasteiger partial charge in [0.05, 0.1) is 6.20 Å². The fourth-order valence-electron chi connectivity index (χ4n) is 3.88. The second-order valence-corrected chi connectivity index (χ2v) is 7.67.